The van der Waals surface area contributed by atoms with Crippen LogP contribution in [-0.4, -0.2) is 14.2 Å². The Morgan fingerprint density at radius 2 is 1.80 bits per heavy atom. The summed E-state index contributed by atoms with van der Waals surface area (Å²) in [6.45, 7) is 10.8. The third-order valence-electron chi connectivity index (χ3n) is 5.42. The Hall–Kier alpha value is -1.70. The van der Waals surface area contributed by atoms with Crippen molar-refractivity contribution in [2.45, 2.75) is 65.2 Å². The molecule has 0 N–H and O–H groups in total. The van der Waals surface area contributed by atoms with E-state index >= 15 is 0 Å². The molecule has 2 heteroatoms. The Kier molecular flexibility index (Phi) is 7.16. The van der Waals surface area contributed by atoms with Crippen LogP contribution in [0.2, 0.25) is 0 Å². The first-order valence-electron chi connectivity index (χ1n) is 9.57. The van der Waals surface area contributed by atoms with Gasteiger partial charge in [0.05, 0.1) is 14.2 Å². The predicted molar refractivity (Wildman–Crippen MR) is 107 cm³/mol. The highest BCUT2D eigenvalue weighted by Crippen LogP contribution is 2.48. The van der Waals surface area contributed by atoms with Crippen molar-refractivity contribution in [3.8, 4) is 11.5 Å². The summed E-state index contributed by atoms with van der Waals surface area (Å²) in [5, 5.41) is 0. The molecule has 25 heavy (non-hydrogen) atoms. The molecule has 0 radical (unpaired) electrons. The van der Waals surface area contributed by atoms with Gasteiger partial charge in [-0.2, -0.15) is 0 Å². The number of rotatable bonds is 8. The van der Waals surface area contributed by atoms with Gasteiger partial charge in [0, 0.05) is 11.5 Å². The van der Waals surface area contributed by atoms with Gasteiger partial charge in [-0.05, 0) is 63.1 Å². The van der Waals surface area contributed by atoms with E-state index in [1.165, 1.54) is 41.5 Å². The van der Waals surface area contributed by atoms with Crippen molar-refractivity contribution >= 4 is 0 Å². The summed E-state index contributed by atoms with van der Waals surface area (Å²) >= 11 is 0. The summed E-state index contributed by atoms with van der Waals surface area (Å²) in [7, 11) is 3.55. The number of allylic oxidation sites excluding steroid dienone is 3. The molecule has 1 aromatic rings. The van der Waals surface area contributed by atoms with Crippen molar-refractivity contribution in [3.63, 3.8) is 0 Å². The van der Waals surface area contributed by atoms with Gasteiger partial charge in [-0.3, -0.25) is 0 Å². The lowest BCUT2D eigenvalue weighted by Gasteiger charge is -2.33. The second kappa shape index (κ2) is 9.12. The fraction of sp³-hybridized carbons (Fsp3) is 0.565. The van der Waals surface area contributed by atoms with Crippen molar-refractivity contribution in [2.75, 3.05) is 14.2 Å². The average Bonchev–Trinajstić information content (AvgIpc) is 2.60. The molecule has 2 rings (SSSR count). The Bertz CT molecular complexity index is 602. The first kappa shape index (κ1) is 19.6. The Balaban J connectivity index is 2.44. The molecule has 0 aliphatic heterocycles. The van der Waals surface area contributed by atoms with E-state index in [9.17, 15) is 0 Å². The van der Waals surface area contributed by atoms with Crippen LogP contribution in [0, 0.1) is 5.92 Å². The maximum absolute atomic E-state index is 5.82. The summed E-state index contributed by atoms with van der Waals surface area (Å²) in [5.74, 6) is 2.75. The van der Waals surface area contributed by atoms with Crippen molar-refractivity contribution in [1.29, 1.82) is 0 Å². The molecule has 1 aliphatic rings. The summed E-state index contributed by atoms with van der Waals surface area (Å²) in [6.07, 6.45) is 9.23. The lowest BCUT2D eigenvalue weighted by atomic mass is 9.72. The quantitative estimate of drug-likeness (QED) is 0.399. The van der Waals surface area contributed by atoms with Crippen LogP contribution < -0.4 is 9.47 Å². The van der Waals surface area contributed by atoms with Crippen molar-refractivity contribution < 1.29 is 9.47 Å². The van der Waals surface area contributed by atoms with E-state index in [1.807, 2.05) is 0 Å². The summed E-state index contributed by atoms with van der Waals surface area (Å²) < 4.78 is 11.6. The number of aryl methyl sites for hydroxylation is 1. The number of benzene rings is 1. The number of ether oxygens (including phenoxy) is 2. The van der Waals surface area contributed by atoms with Crippen molar-refractivity contribution in [1.82, 2.24) is 0 Å². The lowest BCUT2D eigenvalue weighted by molar-refractivity contribution is 0.359. The molecule has 1 aromatic carbocycles. The molecular weight excluding hydrogens is 308 g/mol. The topological polar surface area (TPSA) is 18.5 Å². The molecule has 0 bridgehead atoms. The number of hydrogen-bond acceptors (Lipinski definition) is 2. The molecule has 0 spiro atoms. The first-order valence-corrected chi connectivity index (χ1v) is 9.57. The summed E-state index contributed by atoms with van der Waals surface area (Å²) in [6, 6.07) is 4.44. The van der Waals surface area contributed by atoms with E-state index in [0.29, 0.717) is 11.8 Å². The Morgan fingerprint density at radius 1 is 1.16 bits per heavy atom. The van der Waals surface area contributed by atoms with E-state index < -0.39 is 0 Å². The van der Waals surface area contributed by atoms with Gasteiger partial charge < -0.3 is 9.47 Å². The molecule has 0 fully saturated rings. The predicted octanol–water partition coefficient (Wildman–Crippen LogP) is 6.45. The molecule has 2 nitrogen and oxygen atoms in total. The van der Waals surface area contributed by atoms with Crippen LogP contribution in [0.1, 0.15) is 69.9 Å². The smallest absolute Gasteiger partial charge is 0.126 e. The average molecular weight is 343 g/mol. The van der Waals surface area contributed by atoms with Gasteiger partial charge in [0.25, 0.3) is 0 Å². The number of hydrogen-bond donors (Lipinski definition) is 0. The zero-order chi connectivity index (χ0) is 18.4. The second-order valence-corrected chi connectivity index (χ2v) is 7.42. The monoisotopic (exact) mass is 342 g/mol. The van der Waals surface area contributed by atoms with Crippen LogP contribution in [0.3, 0.4) is 0 Å². The third kappa shape index (κ3) is 4.68. The highest BCUT2D eigenvalue weighted by molar-refractivity contribution is 5.52. The maximum Gasteiger partial charge on any atom is 0.126 e. The number of methoxy groups -OCH3 is 2. The van der Waals surface area contributed by atoms with Gasteiger partial charge in [0.15, 0.2) is 0 Å². The van der Waals surface area contributed by atoms with Gasteiger partial charge in [0.1, 0.15) is 11.5 Å². The third-order valence-corrected chi connectivity index (χ3v) is 5.42. The molecule has 0 amide bonds. The van der Waals surface area contributed by atoms with E-state index in [4.69, 9.17) is 9.47 Å². The van der Waals surface area contributed by atoms with Crippen LogP contribution in [0.25, 0.3) is 0 Å². The van der Waals surface area contributed by atoms with Crippen LogP contribution in [0.15, 0.2) is 35.9 Å². The Labute approximate surface area is 153 Å². The van der Waals surface area contributed by atoms with Gasteiger partial charge >= 0.3 is 0 Å². The molecule has 2 atom stereocenters. The minimum atomic E-state index is 0.372. The van der Waals surface area contributed by atoms with E-state index in [2.05, 4.69) is 45.6 Å². The second-order valence-electron chi connectivity index (χ2n) is 7.42. The standard InChI is InChI=1S/C23H34O2/c1-7-8-9-10-18-14-21(24-5)23(22(15-18)25-6)20-13-17(4)11-12-19(20)16(2)3/h11,14-15,19-20H,2,7-10,12-13H2,1,3-6H3/t19-,20+/m0/s1. The van der Waals surface area contributed by atoms with Gasteiger partial charge in [0.2, 0.25) is 0 Å². The SMILES string of the molecule is C=C(C)[C@@H]1CC=C(C)C[C@H]1c1c(OC)cc(CCCCC)cc1OC. The minimum absolute atomic E-state index is 0.372. The zero-order valence-corrected chi connectivity index (χ0v) is 16.7. The molecule has 0 heterocycles. The largest absolute Gasteiger partial charge is 0.496 e. The molecular formula is C23H34O2. The van der Waals surface area contributed by atoms with Gasteiger partial charge in [-0.15, -0.1) is 0 Å². The van der Waals surface area contributed by atoms with E-state index in [0.717, 1.165) is 30.8 Å². The highest BCUT2D eigenvalue weighted by atomic mass is 16.5. The van der Waals surface area contributed by atoms with Crippen LogP contribution in [-0.2, 0) is 6.42 Å². The van der Waals surface area contributed by atoms with E-state index in [-0.39, 0.29) is 0 Å². The molecule has 0 saturated carbocycles. The maximum atomic E-state index is 5.82. The number of unbranched alkanes of at least 4 members (excludes halogenated alkanes) is 2. The molecule has 1 aliphatic carbocycles. The fourth-order valence-electron chi connectivity index (χ4n) is 3.99. The molecule has 0 unspecified atom stereocenters. The van der Waals surface area contributed by atoms with Crippen LogP contribution in [0.4, 0.5) is 0 Å². The molecule has 0 aromatic heterocycles. The Morgan fingerprint density at radius 3 is 2.32 bits per heavy atom. The zero-order valence-electron chi connectivity index (χ0n) is 16.7. The van der Waals surface area contributed by atoms with Crippen molar-refractivity contribution in [3.05, 3.63) is 47.1 Å². The minimum Gasteiger partial charge on any atom is -0.496 e. The van der Waals surface area contributed by atoms with Gasteiger partial charge in [-0.25, -0.2) is 0 Å². The first-order chi connectivity index (χ1) is 12.0. The summed E-state index contributed by atoms with van der Waals surface area (Å²) in [4.78, 5) is 0. The summed E-state index contributed by atoms with van der Waals surface area (Å²) in [5.41, 5.74) is 5.20. The van der Waals surface area contributed by atoms with Crippen LogP contribution >= 0.6 is 0 Å². The molecule has 0 saturated heterocycles. The fourth-order valence-corrected chi connectivity index (χ4v) is 3.99. The van der Waals surface area contributed by atoms with Gasteiger partial charge in [-0.1, -0.05) is 43.6 Å². The highest BCUT2D eigenvalue weighted by Gasteiger charge is 2.31. The lowest BCUT2D eigenvalue weighted by Crippen LogP contribution is -2.19. The van der Waals surface area contributed by atoms with Crippen molar-refractivity contribution in [2.24, 2.45) is 5.92 Å². The van der Waals surface area contributed by atoms with Crippen LogP contribution in [0.5, 0.6) is 11.5 Å². The van der Waals surface area contributed by atoms with E-state index in [1.54, 1.807) is 14.2 Å². The normalized spacial score (nSPS) is 20.1. The molecule has 138 valence electrons.